The van der Waals surface area contributed by atoms with Crippen LogP contribution in [0.15, 0.2) is 36.4 Å². The molecule has 0 aliphatic heterocycles. The van der Waals surface area contributed by atoms with Crippen molar-refractivity contribution in [2.24, 2.45) is 0 Å². The van der Waals surface area contributed by atoms with Gasteiger partial charge >= 0.3 is 0 Å². The van der Waals surface area contributed by atoms with Gasteiger partial charge in [0.05, 0.1) is 5.56 Å². The molecule has 1 aromatic carbocycles. The zero-order valence-electron chi connectivity index (χ0n) is 13.3. The molecule has 0 atom stereocenters. The molecular formula is C17H21N3O2. The topological polar surface area (TPSA) is 85.1 Å². The van der Waals surface area contributed by atoms with E-state index in [0.29, 0.717) is 11.3 Å². The van der Waals surface area contributed by atoms with Gasteiger partial charge < -0.3 is 11.1 Å². The highest BCUT2D eigenvalue weighted by Gasteiger charge is 2.18. The van der Waals surface area contributed by atoms with Crippen molar-refractivity contribution in [3.05, 3.63) is 53.2 Å². The molecule has 22 heavy (non-hydrogen) atoms. The molecule has 5 nitrogen and oxygen atoms in total. The maximum atomic E-state index is 12.3. The van der Waals surface area contributed by atoms with Crippen LogP contribution in [0.4, 0.5) is 11.5 Å². The SMILES string of the molecule is CC.CC(=O)c1nc(N)c(C)cc1C(=O)Nc1ccccc1. The van der Waals surface area contributed by atoms with Crippen LogP contribution in [-0.4, -0.2) is 16.7 Å². The molecular weight excluding hydrogens is 278 g/mol. The molecule has 0 aliphatic carbocycles. The molecule has 0 spiro atoms. The van der Waals surface area contributed by atoms with Crippen molar-refractivity contribution < 1.29 is 9.59 Å². The Kier molecular flexibility index (Phi) is 6.25. The van der Waals surface area contributed by atoms with Crippen molar-refractivity contribution >= 4 is 23.2 Å². The fourth-order valence-corrected chi connectivity index (χ4v) is 1.79. The molecule has 0 radical (unpaired) electrons. The molecule has 0 saturated heterocycles. The zero-order valence-corrected chi connectivity index (χ0v) is 13.3. The molecule has 3 N–H and O–H groups in total. The van der Waals surface area contributed by atoms with E-state index in [0.717, 1.165) is 0 Å². The van der Waals surface area contributed by atoms with Crippen LogP contribution in [0, 0.1) is 6.92 Å². The van der Waals surface area contributed by atoms with Crippen LogP contribution in [0.25, 0.3) is 0 Å². The van der Waals surface area contributed by atoms with Crippen molar-refractivity contribution in [1.29, 1.82) is 0 Å². The number of para-hydroxylation sites is 1. The van der Waals surface area contributed by atoms with Gasteiger partial charge in [-0.15, -0.1) is 0 Å². The number of aryl methyl sites for hydroxylation is 1. The Hall–Kier alpha value is -2.69. The molecule has 2 aromatic rings. The Morgan fingerprint density at radius 1 is 1.14 bits per heavy atom. The maximum Gasteiger partial charge on any atom is 0.258 e. The molecule has 0 fully saturated rings. The van der Waals surface area contributed by atoms with Crippen molar-refractivity contribution in [2.45, 2.75) is 27.7 Å². The van der Waals surface area contributed by atoms with Gasteiger partial charge in [0.1, 0.15) is 11.5 Å². The Bertz CT molecular complexity index is 667. The third-order valence-electron chi connectivity index (χ3n) is 2.86. The fraction of sp³-hybridized carbons (Fsp3) is 0.235. The van der Waals surface area contributed by atoms with Gasteiger partial charge in [-0.25, -0.2) is 4.98 Å². The van der Waals surface area contributed by atoms with E-state index in [1.54, 1.807) is 25.1 Å². The number of Topliss-reactive ketones (excluding diaryl/α,β-unsaturated/α-hetero) is 1. The third kappa shape index (κ3) is 4.15. The van der Waals surface area contributed by atoms with E-state index in [1.165, 1.54) is 6.92 Å². The Labute approximate surface area is 130 Å². The minimum atomic E-state index is -0.378. The molecule has 1 heterocycles. The number of hydrogen-bond donors (Lipinski definition) is 2. The van der Waals surface area contributed by atoms with Gasteiger partial charge in [0, 0.05) is 12.6 Å². The minimum Gasteiger partial charge on any atom is -0.383 e. The summed E-state index contributed by atoms with van der Waals surface area (Å²) >= 11 is 0. The van der Waals surface area contributed by atoms with E-state index >= 15 is 0 Å². The number of rotatable bonds is 3. The number of hydrogen-bond acceptors (Lipinski definition) is 4. The van der Waals surface area contributed by atoms with E-state index in [1.807, 2.05) is 32.0 Å². The van der Waals surface area contributed by atoms with E-state index in [4.69, 9.17) is 5.73 Å². The predicted molar refractivity (Wildman–Crippen MR) is 89.1 cm³/mol. The number of carbonyl (C=O) groups excluding carboxylic acids is 2. The van der Waals surface area contributed by atoms with Gasteiger partial charge in [0.25, 0.3) is 5.91 Å². The van der Waals surface area contributed by atoms with E-state index in [-0.39, 0.29) is 28.8 Å². The summed E-state index contributed by atoms with van der Waals surface area (Å²) in [5, 5.41) is 2.73. The highest BCUT2D eigenvalue weighted by molar-refractivity contribution is 6.11. The van der Waals surface area contributed by atoms with Crippen molar-refractivity contribution in [2.75, 3.05) is 11.1 Å². The molecule has 0 unspecified atom stereocenters. The third-order valence-corrected chi connectivity index (χ3v) is 2.86. The number of benzene rings is 1. The smallest absolute Gasteiger partial charge is 0.258 e. The highest BCUT2D eigenvalue weighted by Crippen LogP contribution is 2.17. The molecule has 116 valence electrons. The fourth-order valence-electron chi connectivity index (χ4n) is 1.79. The summed E-state index contributed by atoms with van der Waals surface area (Å²) in [7, 11) is 0. The molecule has 0 bridgehead atoms. The van der Waals surface area contributed by atoms with Gasteiger partial charge in [-0.2, -0.15) is 0 Å². The van der Waals surface area contributed by atoms with Gasteiger partial charge in [0.2, 0.25) is 0 Å². The summed E-state index contributed by atoms with van der Waals surface area (Å²) in [6.07, 6.45) is 0. The first-order chi connectivity index (χ1) is 10.5. The van der Waals surface area contributed by atoms with Gasteiger partial charge in [-0.05, 0) is 30.7 Å². The standard InChI is InChI=1S/C15H15N3O2.C2H6/c1-9-8-12(13(10(2)19)18-14(9)16)15(20)17-11-6-4-3-5-7-11;1-2/h3-8H,1-2H3,(H2,16,18)(H,17,20);1-2H3. The highest BCUT2D eigenvalue weighted by atomic mass is 16.2. The number of aromatic nitrogens is 1. The summed E-state index contributed by atoms with van der Waals surface area (Å²) in [6, 6.07) is 10.6. The first-order valence-electron chi connectivity index (χ1n) is 7.13. The number of carbonyl (C=O) groups is 2. The number of ketones is 1. The summed E-state index contributed by atoms with van der Waals surface area (Å²) in [5.74, 6) is -0.418. The largest absolute Gasteiger partial charge is 0.383 e. The lowest BCUT2D eigenvalue weighted by atomic mass is 10.1. The summed E-state index contributed by atoms with van der Waals surface area (Å²) < 4.78 is 0. The molecule has 1 amide bonds. The lowest BCUT2D eigenvalue weighted by Crippen LogP contribution is -2.18. The van der Waals surface area contributed by atoms with E-state index in [2.05, 4.69) is 10.3 Å². The lowest BCUT2D eigenvalue weighted by Gasteiger charge is -2.10. The van der Waals surface area contributed by atoms with E-state index in [9.17, 15) is 9.59 Å². The van der Waals surface area contributed by atoms with Crippen molar-refractivity contribution in [3.8, 4) is 0 Å². The van der Waals surface area contributed by atoms with Crippen LogP contribution in [0.3, 0.4) is 0 Å². The number of pyridine rings is 1. The average molecular weight is 299 g/mol. The molecule has 2 rings (SSSR count). The number of nitrogen functional groups attached to an aromatic ring is 1. The molecule has 0 saturated carbocycles. The number of nitrogens with one attached hydrogen (secondary N) is 1. The van der Waals surface area contributed by atoms with Crippen LogP contribution in [0.5, 0.6) is 0 Å². The monoisotopic (exact) mass is 299 g/mol. The lowest BCUT2D eigenvalue weighted by molar-refractivity contribution is 0.0981. The molecule has 5 heteroatoms. The summed E-state index contributed by atoms with van der Waals surface area (Å²) in [6.45, 7) is 7.10. The van der Waals surface area contributed by atoms with Crippen LogP contribution in [0.1, 0.15) is 47.2 Å². The van der Waals surface area contributed by atoms with Crippen molar-refractivity contribution in [3.63, 3.8) is 0 Å². The van der Waals surface area contributed by atoms with Crippen LogP contribution >= 0.6 is 0 Å². The second kappa shape index (κ2) is 7.93. The molecule has 1 aromatic heterocycles. The number of nitrogens with two attached hydrogens (primary N) is 1. The van der Waals surface area contributed by atoms with E-state index < -0.39 is 0 Å². The normalized spacial score (nSPS) is 9.45. The second-order valence-corrected chi connectivity index (χ2v) is 4.46. The summed E-state index contributed by atoms with van der Waals surface area (Å²) in [4.78, 5) is 27.8. The predicted octanol–water partition coefficient (Wildman–Crippen LogP) is 3.45. The Morgan fingerprint density at radius 2 is 1.73 bits per heavy atom. The van der Waals surface area contributed by atoms with Crippen LogP contribution < -0.4 is 11.1 Å². The second-order valence-electron chi connectivity index (χ2n) is 4.46. The Morgan fingerprint density at radius 3 is 2.27 bits per heavy atom. The van der Waals surface area contributed by atoms with Gasteiger partial charge in [-0.1, -0.05) is 32.0 Å². The average Bonchev–Trinajstić information content (AvgIpc) is 2.52. The quantitative estimate of drug-likeness (QED) is 0.850. The van der Waals surface area contributed by atoms with Gasteiger partial charge in [-0.3, -0.25) is 9.59 Å². The summed E-state index contributed by atoms with van der Waals surface area (Å²) in [5.41, 5.74) is 7.31. The van der Waals surface area contributed by atoms with Crippen molar-refractivity contribution in [1.82, 2.24) is 4.98 Å². The molecule has 0 aliphatic rings. The number of anilines is 2. The van der Waals surface area contributed by atoms with Crippen LogP contribution in [0.2, 0.25) is 0 Å². The Balaban J connectivity index is 0.00000116. The first-order valence-corrected chi connectivity index (χ1v) is 7.13. The number of nitrogens with zero attached hydrogens (tertiary/aromatic N) is 1. The van der Waals surface area contributed by atoms with Gasteiger partial charge in [0.15, 0.2) is 5.78 Å². The number of amides is 1. The first kappa shape index (κ1) is 17.4. The maximum absolute atomic E-state index is 12.3. The zero-order chi connectivity index (χ0) is 16.7. The minimum absolute atomic E-state index is 0.0848. The van der Waals surface area contributed by atoms with Crippen LogP contribution in [-0.2, 0) is 0 Å².